The van der Waals surface area contributed by atoms with Crippen molar-refractivity contribution in [2.45, 2.75) is 24.8 Å². The second-order valence-electron chi connectivity index (χ2n) is 5.40. The molecule has 1 aromatic heterocycles. The van der Waals surface area contributed by atoms with Crippen LogP contribution in [-0.4, -0.2) is 33.9 Å². The molecule has 0 bridgehead atoms. The maximum atomic E-state index is 13.0. The highest BCUT2D eigenvalue weighted by Crippen LogP contribution is 2.33. The fourth-order valence-electron chi connectivity index (χ4n) is 2.64. The second-order valence-corrected chi connectivity index (χ2v) is 7.56. The Morgan fingerprint density at radius 3 is 2.67 bits per heavy atom. The van der Waals surface area contributed by atoms with Gasteiger partial charge in [0.1, 0.15) is 11.9 Å². The number of carbonyl (C=O) groups is 2. The molecule has 1 saturated heterocycles. The Balaban J connectivity index is 1.78. The summed E-state index contributed by atoms with van der Waals surface area (Å²) in [6.45, 7) is 2.01. The number of nitrogens with zero attached hydrogens (tertiary/aromatic N) is 1. The van der Waals surface area contributed by atoms with E-state index >= 15 is 0 Å². The summed E-state index contributed by atoms with van der Waals surface area (Å²) in [5.74, 6) is -0.149. The van der Waals surface area contributed by atoms with E-state index in [1.165, 1.54) is 35.6 Å². The molecule has 0 saturated carbocycles. The fraction of sp³-hybridized carbons (Fsp3) is 0.294. The number of halogens is 1. The molecule has 1 N–H and O–H groups in total. The minimum absolute atomic E-state index is 0.0106. The number of nitrogens with one attached hydrogen (secondary N) is 1. The Kier molecular flexibility index (Phi) is 5.20. The predicted octanol–water partition coefficient (Wildman–Crippen LogP) is 3.82. The van der Waals surface area contributed by atoms with Gasteiger partial charge in [-0.15, -0.1) is 23.1 Å². The van der Waals surface area contributed by atoms with E-state index in [4.69, 9.17) is 0 Å². The van der Waals surface area contributed by atoms with Gasteiger partial charge in [-0.2, -0.15) is 0 Å². The number of benzene rings is 1. The van der Waals surface area contributed by atoms with E-state index in [0.29, 0.717) is 16.3 Å². The molecule has 2 atom stereocenters. The molecular weight excluding hydrogens is 347 g/mol. The van der Waals surface area contributed by atoms with Gasteiger partial charge in [-0.05, 0) is 42.1 Å². The van der Waals surface area contributed by atoms with E-state index in [1.54, 1.807) is 22.7 Å². The van der Waals surface area contributed by atoms with Crippen molar-refractivity contribution in [2.75, 3.05) is 11.1 Å². The van der Waals surface area contributed by atoms with Gasteiger partial charge in [-0.3, -0.25) is 9.59 Å². The Bertz CT molecular complexity index is 719. The zero-order valence-corrected chi connectivity index (χ0v) is 14.7. The van der Waals surface area contributed by atoms with Crippen LogP contribution in [0.2, 0.25) is 0 Å². The van der Waals surface area contributed by atoms with Crippen LogP contribution in [0.4, 0.5) is 10.1 Å². The van der Waals surface area contributed by atoms with Gasteiger partial charge in [0.25, 0.3) is 5.91 Å². The van der Waals surface area contributed by atoms with Gasteiger partial charge >= 0.3 is 0 Å². The van der Waals surface area contributed by atoms with Gasteiger partial charge < -0.3 is 10.2 Å². The third-order valence-corrected chi connectivity index (χ3v) is 6.13. The smallest absolute Gasteiger partial charge is 0.265 e. The lowest BCUT2D eigenvalue weighted by molar-refractivity contribution is -0.119. The molecule has 2 aromatic rings. The Hall–Kier alpha value is -1.86. The van der Waals surface area contributed by atoms with Crippen molar-refractivity contribution in [1.29, 1.82) is 0 Å². The minimum Gasteiger partial charge on any atom is -0.324 e. The van der Waals surface area contributed by atoms with Gasteiger partial charge in [0.2, 0.25) is 5.91 Å². The molecule has 1 aliphatic heterocycles. The molecule has 2 unspecified atom stereocenters. The van der Waals surface area contributed by atoms with Crippen molar-refractivity contribution in [3.63, 3.8) is 0 Å². The van der Waals surface area contributed by atoms with Crippen molar-refractivity contribution in [3.8, 4) is 0 Å². The van der Waals surface area contributed by atoms with Crippen LogP contribution in [0.5, 0.6) is 0 Å². The third kappa shape index (κ3) is 3.47. The third-order valence-electron chi connectivity index (χ3n) is 3.82. The van der Waals surface area contributed by atoms with Crippen LogP contribution in [0.25, 0.3) is 0 Å². The molecule has 0 aliphatic carbocycles. The average Bonchev–Trinajstić information content (AvgIpc) is 3.25. The van der Waals surface area contributed by atoms with Crippen LogP contribution in [0.3, 0.4) is 0 Å². The molecule has 24 heavy (non-hydrogen) atoms. The fourth-order valence-corrected chi connectivity index (χ4v) is 4.66. The van der Waals surface area contributed by atoms with Crippen molar-refractivity contribution >= 4 is 40.6 Å². The zero-order chi connectivity index (χ0) is 17.1. The molecule has 7 heteroatoms. The number of anilines is 1. The van der Waals surface area contributed by atoms with Crippen molar-refractivity contribution < 1.29 is 14.0 Å². The highest BCUT2D eigenvalue weighted by atomic mass is 32.2. The Morgan fingerprint density at radius 1 is 1.29 bits per heavy atom. The number of thioether (sulfide) groups is 1. The molecule has 0 radical (unpaired) electrons. The van der Waals surface area contributed by atoms with Crippen LogP contribution in [-0.2, 0) is 4.79 Å². The Morgan fingerprint density at radius 2 is 2.04 bits per heavy atom. The topological polar surface area (TPSA) is 49.4 Å². The molecule has 2 heterocycles. The number of thiophene rings is 1. The summed E-state index contributed by atoms with van der Waals surface area (Å²) in [6.07, 6.45) is 0.780. The number of rotatable bonds is 4. The van der Waals surface area contributed by atoms with Crippen LogP contribution in [0, 0.1) is 5.82 Å². The van der Waals surface area contributed by atoms with E-state index < -0.39 is 6.04 Å². The van der Waals surface area contributed by atoms with Gasteiger partial charge in [0, 0.05) is 11.4 Å². The first-order valence-corrected chi connectivity index (χ1v) is 9.57. The summed E-state index contributed by atoms with van der Waals surface area (Å²) < 4.78 is 13.0. The monoisotopic (exact) mass is 364 g/mol. The first-order valence-electron chi connectivity index (χ1n) is 7.64. The normalized spacial score (nSPS) is 20.2. The molecule has 1 aliphatic rings. The lowest BCUT2D eigenvalue weighted by Gasteiger charge is -2.27. The van der Waals surface area contributed by atoms with Crippen molar-refractivity contribution in [2.24, 2.45) is 0 Å². The number of hydrogen-bond acceptors (Lipinski definition) is 4. The first kappa shape index (κ1) is 17.0. The molecule has 3 rings (SSSR count). The minimum atomic E-state index is -0.528. The van der Waals surface area contributed by atoms with Gasteiger partial charge in [0.05, 0.1) is 10.3 Å². The largest absolute Gasteiger partial charge is 0.324 e. The summed E-state index contributed by atoms with van der Waals surface area (Å²) in [4.78, 5) is 27.7. The SMILES string of the molecule is CCC1SCC(C(=O)Nc2ccc(F)cc2)N1C(=O)c1cccs1. The average molecular weight is 364 g/mol. The first-order chi connectivity index (χ1) is 11.6. The summed E-state index contributed by atoms with van der Waals surface area (Å²) in [6, 6.07) is 8.69. The molecule has 1 aromatic carbocycles. The van der Waals surface area contributed by atoms with Crippen LogP contribution >= 0.6 is 23.1 Å². The lowest BCUT2D eigenvalue weighted by Crippen LogP contribution is -2.47. The summed E-state index contributed by atoms with van der Waals surface area (Å²) >= 11 is 2.99. The quantitative estimate of drug-likeness (QED) is 0.897. The summed E-state index contributed by atoms with van der Waals surface area (Å²) in [7, 11) is 0. The van der Waals surface area contributed by atoms with Crippen LogP contribution < -0.4 is 5.32 Å². The highest BCUT2D eigenvalue weighted by molar-refractivity contribution is 8.00. The standard InChI is InChI=1S/C17H17FN2O2S2/c1-2-15-20(17(22)14-4-3-9-23-14)13(10-24-15)16(21)19-12-7-5-11(18)6-8-12/h3-9,13,15H,2,10H2,1H3,(H,19,21). The second kappa shape index (κ2) is 7.36. The predicted molar refractivity (Wildman–Crippen MR) is 95.8 cm³/mol. The Labute approximate surface area is 148 Å². The zero-order valence-electron chi connectivity index (χ0n) is 13.1. The van der Waals surface area contributed by atoms with E-state index in [9.17, 15) is 14.0 Å². The highest BCUT2D eigenvalue weighted by Gasteiger charge is 2.41. The maximum absolute atomic E-state index is 13.0. The number of carbonyl (C=O) groups excluding carboxylic acids is 2. The molecular formula is C17H17FN2O2S2. The molecule has 0 spiro atoms. The van der Waals surface area contributed by atoms with Gasteiger partial charge in [-0.25, -0.2) is 4.39 Å². The van der Waals surface area contributed by atoms with Crippen LogP contribution in [0.1, 0.15) is 23.0 Å². The van der Waals surface area contributed by atoms with Gasteiger partial charge in [0.15, 0.2) is 0 Å². The summed E-state index contributed by atoms with van der Waals surface area (Å²) in [5.41, 5.74) is 0.523. The lowest BCUT2D eigenvalue weighted by atomic mass is 10.2. The summed E-state index contributed by atoms with van der Waals surface area (Å²) in [5, 5.41) is 4.62. The van der Waals surface area contributed by atoms with Crippen molar-refractivity contribution in [3.05, 3.63) is 52.5 Å². The van der Waals surface area contributed by atoms with Gasteiger partial charge in [-0.1, -0.05) is 13.0 Å². The molecule has 4 nitrogen and oxygen atoms in total. The van der Waals surface area contributed by atoms with E-state index in [1.807, 2.05) is 18.4 Å². The van der Waals surface area contributed by atoms with Crippen LogP contribution in [0.15, 0.2) is 41.8 Å². The number of hydrogen-bond donors (Lipinski definition) is 1. The molecule has 1 fully saturated rings. The van der Waals surface area contributed by atoms with Crippen molar-refractivity contribution in [1.82, 2.24) is 4.90 Å². The molecule has 126 valence electrons. The van der Waals surface area contributed by atoms with E-state index in [2.05, 4.69) is 5.32 Å². The number of amides is 2. The van der Waals surface area contributed by atoms with E-state index in [-0.39, 0.29) is 23.0 Å². The van der Waals surface area contributed by atoms with E-state index in [0.717, 1.165) is 6.42 Å². The molecule has 2 amide bonds. The maximum Gasteiger partial charge on any atom is 0.265 e.